The van der Waals surface area contributed by atoms with Crippen molar-refractivity contribution in [2.45, 2.75) is 31.7 Å². The third-order valence-electron chi connectivity index (χ3n) is 3.24. The van der Waals surface area contributed by atoms with E-state index in [4.69, 9.17) is 10.2 Å². The molecule has 1 aliphatic rings. The van der Waals surface area contributed by atoms with Crippen LogP contribution in [-0.4, -0.2) is 51.2 Å². The lowest BCUT2D eigenvalue weighted by Crippen LogP contribution is -2.45. The Labute approximate surface area is 114 Å². The summed E-state index contributed by atoms with van der Waals surface area (Å²) in [5, 5.41) is 19.3. The SMILES string of the molecule is O=C(O)c1csc(C(=O)N(CCCO)C2CCC2)n1. The van der Waals surface area contributed by atoms with Crippen molar-refractivity contribution in [3.05, 3.63) is 16.1 Å². The van der Waals surface area contributed by atoms with E-state index in [1.165, 1.54) is 5.38 Å². The Kier molecular flexibility index (Phi) is 4.49. The van der Waals surface area contributed by atoms with Crippen molar-refractivity contribution in [2.24, 2.45) is 0 Å². The zero-order chi connectivity index (χ0) is 13.8. The van der Waals surface area contributed by atoms with Crippen molar-refractivity contribution in [3.63, 3.8) is 0 Å². The van der Waals surface area contributed by atoms with Gasteiger partial charge in [-0.1, -0.05) is 0 Å². The number of aliphatic hydroxyl groups excluding tert-OH is 1. The van der Waals surface area contributed by atoms with Gasteiger partial charge in [0, 0.05) is 24.6 Å². The number of aromatic carboxylic acids is 1. The second-order valence-corrected chi connectivity index (χ2v) is 5.36. The van der Waals surface area contributed by atoms with Gasteiger partial charge in [0.05, 0.1) is 0 Å². The lowest BCUT2D eigenvalue weighted by atomic mass is 9.91. The molecule has 7 heteroatoms. The molecule has 2 rings (SSSR count). The van der Waals surface area contributed by atoms with Crippen molar-refractivity contribution in [2.75, 3.05) is 13.2 Å². The molecule has 1 amide bonds. The van der Waals surface area contributed by atoms with Gasteiger partial charge in [-0.15, -0.1) is 11.3 Å². The first kappa shape index (κ1) is 14.0. The molecule has 1 fully saturated rings. The normalized spacial score (nSPS) is 15.0. The molecule has 0 bridgehead atoms. The number of amides is 1. The largest absolute Gasteiger partial charge is 0.476 e. The lowest BCUT2D eigenvalue weighted by Gasteiger charge is -2.37. The van der Waals surface area contributed by atoms with Crippen LogP contribution in [0.2, 0.25) is 0 Å². The maximum absolute atomic E-state index is 12.3. The van der Waals surface area contributed by atoms with Crippen molar-refractivity contribution in [3.8, 4) is 0 Å². The van der Waals surface area contributed by atoms with Crippen molar-refractivity contribution >= 4 is 23.2 Å². The van der Waals surface area contributed by atoms with Crippen LogP contribution < -0.4 is 0 Å². The molecule has 6 nitrogen and oxygen atoms in total. The van der Waals surface area contributed by atoms with Crippen LogP contribution in [0.3, 0.4) is 0 Å². The van der Waals surface area contributed by atoms with Crippen LogP contribution in [0.15, 0.2) is 5.38 Å². The molecule has 1 aliphatic carbocycles. The number of nitrogens with zero attached hydrogens (tertiary/aromatic N) is 2. The highest BCUT2D eigenvalue weighted by Crippen LogP contribution is 2.27. The van der Waals surface area contributed by atoms with Gasteiger partial charge >= 0.3 is 5.97 Å². The third kappa shape index (κ3) is 3.10. The molecule has 1 saturated carbocycles. The Morgan fingerprint density at radius 3 is 2.68 bits per heavy atom. The number of carbonyl (C=O) groups excluding carboxylic acids is 1. The maximum atomic E-state index is 12.3. The zero-order valence-corrected chi connectivity index (χ0v) is 11.2. The molecule has 1 aromatic rings. The van der Waals surface area contributed by atoms with Crippen LogP contribution in [0.1, 0.15) is 46.0 Å². The van der Waals surface area contributed by atoms with E-state index in [1.54, 1.807) is 4.90 Å². The number of hydrogen-bond acceptors (Lipinski definition) is 5. The minimum absolute atomic E-state index is 0.0365. The van der Waals surface area contributed by atoms with Gasteiger partial charge in [-0.2, -0.15) is 0 Å². The molecule has 0 saturated heterocycles. The average Bonchev–Trinajstić information content (AvgIpc) is 2.80. The van der Waals surface area contributed by atoms with Crippen molar-refractivity contribution in [1.29, 1.82) is 0 Å². The minimum atomic E-state index is -1.12. The summed E-state index contributed by atoms with van der Waals surface area (Å²) >= 11 is 1.05. The Hall–Kier alpha value is -1.47. The van der Waals surface area contributed by atoms with Gasteiger partial charge < -0.3 is 15.1 Å². The fourth-order valence-corrected chi connectivity index (χ4v) is 2.73. The molecule has 0 spiro atoms. The number of aromatic nitrogens is 1. The number of rotatable bonds is 6. The summed E-state index contributed by atoms with van der Waals surface area (Å²) in [6.07, 6.45) is 3.56. The van der Waals surface area contributed by atoms with Crippen molar-refractivity contribution in [1.82, 2.24) is 9.88 Å². The molecule has 1 heterocycles. The van der Waals surface area contributed by atoms with E-state index in [2.05, 4.69) is 4.98 Å². The van der Waals surface area contributed by atoms with E-state index in [1.807, 2.05) is 0 Å². The monoisotopic (exact) mass is 284 g/mol. The average molecular weight is 284 g/mol. The number of carboxylic acid groups (broad SMARTS) is 1. The highest BCUT2D eigenvalue weighted by atomic mass is 32.1. The van der Waals surface area contributed by atoms with Gasteiger partial charge in [-0.3, -0.25) is 4.79 Å². The lowest BCUT2D eigenvalue weighted by molar-refractivity contribution is 0.0562. The van der Waals surface area contributed by atoms with Crippen LogP contribution in [0.4, 0.5) is 0 Å². The Morgan fingerprint density at radius 2 is 2.21 bits per heavy atom. The second-order valence-electron chi connectivity index (χ2n) is 4.50. The van der Waals surface area contributed by atoms with E-state index in [-0.39, 0.29) is 29.3 Å². The summed E-state index contributed by atoms with van der Waals surface area (Å²) in [5.74, 6) is -1.35. The van der Waals surface area contributed by atoms with Crippen LogP contribution >= 0.6 is 11.3 Å². The van der Waals surface area contributed by atoms with Gasteiger partial charge in [0.1, 0.15) is 0 Å². The highest BCUT2D eigenvalue weighted by molar-refractivity contribution is 7.11. The summed E-state index contributed by atoms with van der Waals surface area (Å²) < 4.78 is 0. The molecule has 1 aromatic heterocycles. The first-order valence-corrected chi connectivity index (χ1v) is 7.12. The fourth-order valence-electron chi connectivity index (χ4n) is 1.98. The number of carbonyl (C=O) groups is 2. The third-order valence-corrected chi connectivity index (χ3v) is 4.07. The first-order valence-electron chi connectivity index (χ1n) is 6.24. The molecule has 2 N–H and O–H groups in total. The van der Waals surface area contributed by atoms with Crippen molar-refractivity contribution < 1.29 is 19.8 Å². The highest BCUT2D eigenvalue weighted by Gasteiger charge is 2.30. The number of thiazole rings is 1. The summed E-state index contributed by atoms with van der Waals surface area (Å²) in [4.78, 5) is 28.6. The van der Waals surface area contributed by atoms with Crippen LogP contribution in [0.25, 0.3) is 0 Å². The van der Waals surface area contributed by atoms with E-state index in [9.17, 15) is 9.59 Å². The molecular weight excluding hydrogens is 268 g/mol. The summed E-state index contributed by atoms with van der Waals surface area (Å²) in [7, 11) is 0. The van der Waals surface area contributed by atoms with E-state index < -0.39 is 5.97 Å². The molecule has 104 valence electrons. The topological polar surface area (TPSA) is 90.7 Å². The van der Waals surface area contributed by atoms with Crippen LogP contribution in [0.5, 0.6) is 0 Å². The standard InChI is InChI=1S/C12H16N2O4S/c15-6-2-5-14(8-3-1-4-8)11(16)10-13-9(7-19-10)12(17)18/h7-8,15H,1-6H2,(H,17,18). The molecule has 0 aromatic carbocycles. The predicted molar refractivity (Wildman–Crippen MR) is 69.5 cm³/mol. The Bertz CT molecular complexity index is 470. The predicted octanol–water partition coefficient (Wildman–Crippen LogP) is 1.22. The number of hydrogen-bond donors (Lipinski definition) is 2. The molecular formula is C12H16N2O4S. The maximum Gasteiger partial charge on any atom is 0.355 e. The fraction of sp³-hybridized carbons (Fsp3) is 0.583. The summed E-state index contributed by atoms with van der Waals surface area (Å²) in [6.45, 7) is 0.525. The first-order chi connectivity index (χ1) is 9.13. The van der Waals surface area contributed by atoms with E-state index in [0.717, 1.165) is 30.6 Å². The van der Waals surface area contributed by atoms with Gasteiger partial charge in [0.2, 0.25) is 0 Å². The van der Waals surface area contributed by atoms with Crippen LogP contribution in [0, 0.1) is 0 Å². The Morgan fingerprint density at radius 1 is 1.47 bits per heavy atom. The van der Waals surface area contributed by atoms with Gasteiger partial charge in [0.25, 0.3) is 5.91 Å². The minimum Gasteiger partial charge on any atom is -0.476 e. The molecule has 19 heavy (non-hydrogen) atoms. The van der Waals surface area contributed by atoms with Gasteiger partial charge in [-0.25, -0.2) is 9.78 Å². The summed E-state index contributed by atoms with van der Waals surface area (Å²) in [5.41, 5.74) is -0.0935. The zero-order valence-electron chi connectivity index (χ0n) is 10.4. The van der Waals surface area contributed by atoms with Gasteiger partial charge in [0.15, 0.2) is 10.7 Å². The quantitative estimate of drug-likeness (QED) is 0.819. The molecule has 0 atom stereocenters. The smallest absolute Gasteiger partial charge is 0.355 e. The number of carboxylic acids is 1. The molecule has 0 radical (unpaired) electrons. The second kappa shape index (κ2) is 6.12. The molecule has 0 unspecified atom stereocenters. The summed E-state index contributed by atoms with van der Waals surface area (Å²) in [6, 6.07) is 0.205. The van der Waals surface area contributed by atoms with E-state index in [0.29, 0.717) is 13.0 Å². The van der Waals surface area contributed by atoms with Gasteiger partial charge in [-0.05, 0) is 25.7 Å². The Balaban J connectivity index is 2.10. The molecule has 0 aliphatic heterocycles. The van der Waals surface area contributed by atoms with Crippen LogP contribution in [-0.2, 0) is 0 Å². The van der Waals surface area contributed by atoms with E-state index >= 15 is 0 Å². The number of aliphatic hydroxyl groups is 1.